The van der Waals surface area contributed by atoms with E-state index in [-0.39, 0.29) is 26.3 Å². The molecule has 9 heteroatoms. The lowest BCUT2D eigenvalue weighted by molar-refractivity contribution is -0.140. The van der Waals surface area contributed by atoms with Crippen LogP contribution in [0.1, 0.15) is 20.9 Å². The summed E-state index contributed by atoms with van der Waals surface area (Å²) >= 11 is 0.902. The molecule has 0 atom stereocenters. The number of hydrogen-bond acceptors (Lipinski definition) is 4. The van der Waals surface area contributed by atoms with Gasteiger partial charge in [0.15, 0.2) is 5.69 Å². The van der Waals surface area contributed by atoms with Crippen LogP contribution in [0.3, 0.4) is 0 Å². The van der Waals surface area contributed by atoms with E-state index in [0.717, 1.165) is 11.3 Å². The van der Waals surface area contributed by atoms with Crippen LogP contribution in [-0.2, 0) is 6.18 Å². The van der Waals surface area contributed by atoms with Crippen molar-refractivity contribution >= 4 is 33.1 Å². The highest BCUT2D eigenvalue weighted by Crippen LogP contribution is 2.39. The topological polar surface area (TPSA) is 70.7 Å². The summed E-state index contributed by atoms with van der Waals surface area (Å²) in [6, 6.07) is 17.9. The van der Waals surface area contributed by atoms with Gasteiger partial charge in [-0.3, -0.25) is 4.79 Å². The van der Waals surface area contributed by atoms with Crippen molar-refractivity contribution in [2.45, 2.75) is 6.18 Å². The number of amides is 1. The van der Waals surface area contributed by atoms with Gasteiger partial charge >= 0.3 is 6.18 Å². The molecular formula is C20H11F3N4OS. The number of nitrogens with zero attached hydrogens (tertiary/aromatic N) is 3. The number of para-hydroxylation sites is 2. The van der Waals surface area contributed by atoms with Gasteiger partial charge in [-0.1, -0.05) is 30.3 Å². The van der Waals surface area contributed by atoms with Gasteiger partial charge in [-0.15, -0.1) is 11.3 Å². The molecule has 0 aliphatic carbocycles. The summed E-state index contributed by atoms with van der Waals surface area (Å²) in [5, 5.41) is 15.3. The molecule has 2 aromatic carbocycles. The Morgan fingerprint density at radius 3 is 2.48 bits per heavy atom. The maximum Gasteiger partial charge on any atom is 0.435 e. The number of nitrogens with one attached hydrogen (secondary N) is 1. The molecule has 0 spiro atoms. The fourth-order valence-corrected chi connectivity index (χ4v) is 3.87. The highest BCUT2D eigenvalue weighted by molar-refractivity contribution is 7.20. The van der Waals surface area contributed by atoms with Crippen LogP contribution in [-0.4, -0.2) is 15.7 Å². The first kappa shape index (κ1) is 18.7. The van der Waals surface area contributed by atoms with Gasteiger partial charge in [-0.2, -0.15) is 23.5 Å². The SMILES string of the molecule is N#Cc1ccccc1NC(=O)c1cc2c(C(F)(F)F)nn(-c3ccccc3)c2s1. The van der Waals surface area contributed by atoms with E-state index in [9.17, 15) is 18.0 Å². The summed E-state index contributed by atoms with van der Waals surface area (Å²) in [6.07, 6.45) is -4.67. The van der Waals surface area contributed by atoms with Crippen LogP contribution in [0.25, 0.3) is 15.9 Å². The van der Waals surface area contributed by atoms with E-state index < -0.39 is 17.8 Å². The second-order valence-electron chi connectivity index (χ2n) is 6.03. The molecule has 0 aliphatic heterocycles. The second kappa shape index (κ2) is 7.07. The molecule has 4 aromatic rings. The molecule has 29 heavy (non-hydrogen) atoms. The predicted octanol–water partition coefficient (Wildman–Crippen LogP) is 5.23. The number of fused-ring (bicyclic) bond motifs is 1. The number of hydrogen-bond donors (Lipinski definition) is 1. The highest BCUT2D eigenvalue weighted by atomic mass is 32.1. The zero-order chi connectivity index (χ0) is 20.6. The Hall–Kier alpha value is -3.64. The van der Waals surface area contributed by atoms with Crippen molar-refractivity contribution in [2.24, 2.45) is 0 Å². The number of halogens is 3. The van der Waals surface area contributed by atoms with E-state index in [1.807, 2.05) is 6.07 Å². The molecule has 0 unspecified atom stereocenters. The quantitative estimate of drug-likeness (QED) is 0.501. The number of aromatic nitrogens is 2. The first-order chi connectivity index (χ1) is 13.9. The molecule has 1 N–H and O–H groups in total. The van der Waals surface area contributed by atoms with Crippen LogP contribution >= 0.6 is 11.3 Å². The molecule has 0 radical (unpaired) electrons. The average molecular weight is 412 g/mol. The van der Waals surface area contributed by atoms with Crippen LogP contribution in [0.15, 0.2) is 60.7 Å². The number of carbonyl (C=O) groups excluding carboxylic acids is 1. The Bertz CT molecular complexity index is 1250. The van der Waals surface area contributed by atoms with E-state index in [1.54, 1.807) is 48.5 Å². The Morgan fingerprint density at radius 1 is 1.10 bits per heavy atom. The van der Waals surface area contributed by atoms with Gasteiger partial charge in [0.05, 0.1) is 21.8 Å². The minimum Gasteiger partial charge on any atom is -0.320 e. The Morgan fingerprint density at radius 2 is 1.79 bits per heavy atom. The van der Waals surface area contributed by atoms with Crippen molar-refractivity contribution < 1.29 is 18.0 Å². The molecule has 5 nitrogen and oxygen atoms in total. The van der Waals surface area contributed by atoms with E-state index in [2.05, 4.69) is 10.4 Å². The molecule has 0 bridgehead atoms. The maximum atomic E-state index is 13.5. The van der Waals surface area contributed by atoms with Gasteiger partial charge in [-0.05, 0) is 30.3 Å². The fourth-order valence-electron chi connectivity index (χ4n) is 2.85. The molecule has 144 valence electrons. The minimum absolute atomic E-state index is 0.0836. The summed E-state index contributed by atoms with van der Waals surface area (Å²) in [5.74, 6) is -0.596. The number of alkyl halides is 3. The summed E-state index contributed by atoms with van der Waals surface area (Å²) in [6.45, 7) is 0. The number of carbonyl (C=O) groups is 1. The molecule has 2 heterocycles. The lowest BCUT2D eigenvalue weighted by Crippen LogP contribution is -2.11. The monoisotopic (exact) mass is 412 g/mol. The van der Waals surface area contributed by atoms with Crippen molar-refractivity contribution in [1.29, 1.82) is 5.26 Å². The number of rotatable bonds is 3. The van der Waals surface area contributed by atoms with Crippen LogP contribution in [0.4, 0.5) is 18.9 Å². The van der Waals surface area contributed by atoms with Gasteiger partial charge in [0.1, 0.15) is 10.9 Å². The highest BCUT2D eigenvalue weighted by Gasteiger charge is 2.38. The van der Waals surface area contributed by atoms with E-state index in [0.29, 0.717) is 5.69 Å². The summed E-state index contributed by atoms with van der Waals surface area (Å²) in [5.41, 5.74) is -0.0488. The van der Waals surface area contributed by atoms with Crippen molar-refractivity contribution in [2.75, 3.05) is 5.32 Å². The first-order valence-electron chi connectivity index (χ1n) is 8.34. The largest absolute Gasteiger partial charge is 0.435 e. The van der Waals surface area contributed by atoms with E-state index >= 15 is 0 Å². The van der Waals surface area contributed by atoms with E-state index in [1.165, 1.54) is 16.8 Å². The lowest BCUT2D eigenvalue weighted by atomic mass is 10.2. The molecule has 2 aromatic heterocycles. The number of thiophene rings is 1. The normalized spacial score (nSPS) is 11.4. The molecular weight excluding hydrogens is 401 g/mol. The van der Waals surface area contributed by atoms with E-state index in [4.69, 9.17) is 5.26 Å². The van der Waals surface area contributed by atoms with Gasteiger partial charge in [-0.25, -0.2) is 4.68 Å². The number of nitriles is 1. The van der Waals surface area contributed by atoms with Crippen LogP contribution in [0, 0.1) is 11.3 Å². The van der Waals surface area contributed by atoms with Crippen molar-refractivity contribution in [1.82, 2.24) is 9.78 Å². The Kier molecular flexibility index (Phi) is 4.56. The zero-order valence-corrected chi connectivity index (χ0v) is 15.4. The number of benzene rings is 2. The van der Waals surface area contributed by atoms with Crippen molar-refractivity contribution in [3.63, 3.8) is 0 Å². The Balaban J connectivity index is 1.80. The average Bonchev–Trinajstić information content (AvgIpc) is 3.28. The predicted molar refractivity (Wildman–Crippen MR) is 103 cm³/mol. The molecule has 1 amide bonds. The molecule has 0 saturated carbocycles. The summed E-state index contributed by atoms with van der Waals surface area (Å²) < 4.78 is 41.7. The third kappa shape index (κ3) is 3.46. The standard InChI is InChI=1S/C20H11F3N4OS/c21-20(22,23)17-14-10-16(18(28)25-15-9-5-4-6-12(15)11-24)29-19(14)27(26-17)13-7-2-1-3-8-13/h1-10H,(H,25,28). The lowest BCUT2D eigenvalue weighted by Gasteiger charge is -2.06. The third-order valence-corrected chi connectivity index (χ3v) is 5.26. The second-order valence-corrected chi connectivity index (χ2v) is 7.07. The zero-order valence-electron chi connectivity index (χ0n) is 14.6. The summed E-state index contributed by atoms with van der Waals surface area (Å²) in [7, 11) is 0. The first-order valence-corrected chi connectivity index (χ1v) is 9.16. The Labute approximate surface area is 166 Å². The van der Waals surface area contributed by atoms with Crippen LogP contribution in [0.5, 0.6) is 0 Å². The van der Waals surface area contributed by atoms with Crippen molar-refractivity contribution in [3.05, 3.63) is 76.8 Å². The van der Waals surface area contributed by atoms with Crippen LogP contribution in [0.2, 0.25) is 0 Å². The number of anilines is 1. The smallest absolute Gasteiger partial charge is 0.320 e. The van der Waals surface area contributed by atoms with Gasteiger partial charge in [0.25, 0.3) is 5.91 Å². The van der Waals surface area contributed by atoms with Gasteiger partial charge < -0.3 is 5.32 Å². The summed E-state index contributed by atoms with van der Waals surface area (Å²) in [4.78, 5) is 12.9. The molecule has 0 saturated heterocycles. The van der Waals surface area contributed by atoms with Gasteiger partial charge in [0.2, 0.25) is 0 Å². The maximum absolute atomic E-state index is 13.5. The van der Waals surface area contributed by atoms with Crippen LogP contribution < -0.4 is 5.32 Å². The molecule has 0 fully saturated rings. The minimum atomic E-state index is -4.67. The fraction of sp³-hybridized carbons (Fsp3) is 0.0500. The molecule has 4 rings (SSSR count). The van der Waals surface area contributed by atoms with Gasteiger partial charge in [0, 0.05) is 5.39 Å². The third-order valence-electron chi connectivity index (χ3n) is 4.15. The van der Waals surface area contributed by atoms with Crippen molar-refractivity contribution in [3.8, 4) is 11.8 Å². The molecule has 0 aliphatic rings.